The average molecular weight is 292 g/mol. The second-order valence-corrected chi connectivity index (χ2v) is 5.33. The van der Waals surface area contributed by atoms with Gasteiger partial charge in [-0.3, -0.25) is 10.1 Å². The fourth-order valence-electron chi connectivity index (χ4n) is 2.36. The van der Waals surface area contributed by atoms with E-state index < -0.39 is 4.92 Å². The van der Waals surface area contributed by atoms with Gasteiger partial charge in [0.25, 0.3) is 5.69 Å². The number of nitrogens with zero attached hydrogens (tertiary/aromatic N) is 3. The molecule has 0 spiro atoms. The highest BCUT2D eigenvalue weighted by Crippen LogP contribution is 2.33. The third-order valence-corrected chi connectivity index (χ3v) is 3.58. The van der Waals surface area contributed by atoms with E-state index in [1.807, 2.05) is 0 Å². The maximum Gasteiger partial charge on any atom is 0.270 e. The van der Waals surface area contributed by atoms with E-state index in [1.54, 1.807) is 6.07 Å². The van der Waals surface area contributed by atoms with Crippen LogP contribution in [0, 0.1) is 16.0 Å². The smallest absolute Gasteiger partial charge is 0.270 e. The van der Waals surface area contributed by atoms with Gasteiger partial charge in [0.1, 0.15) is 0 Å². The third kappa shape index (κ3) is 3.62. The molecular weight excluding hydrogens is 272 g/mol. The quantitative estimate of drug-likeness (QED) is 0.264. The lowest BCUT2D eigenvalue weighted by atomic mass is 10.1. The number of nitro groups is 1. The summed E-state index contributed by atoms with van der Waals surface area (Å²) in [5.41, 5.74) is 6.81. The van der Waals surface area contributed by atoms with E-state index in [1.165, 1.54) is 25.0 Å². The van der Waals surface area contributed by atoms with Crippen molar-refractivity contribution in [1.82, 2.24) is 0 Å². The Morgan fingerprint density at radius 1 is 1.57 bits per heavy atom. The zero-order valence-corrected chi connectivity index (χ0v) is 12.0. The number of nitro benzene ring substituents is 1. The molecule has 0 amide bonds. The Morgan fingerprint density at radius 2 is 2.29 bits per heavy atom. The zero-order chi connectivity index (χ0) is 15.4. The van der Waals surface area contributed by atoms with Crippen molar-refractivity contribution in [2.24, 2.45) is 16.8 Å². The molecule has 0 saturated heterocycles. The van der Waals surface area contributed by atoms with E-state index in [0.717, 1.165) is 25.2 Å². The minimum Gasteiger partial charge on any atom is -0.409 e. The van der Waals surface area contributed by atoms with Crippen LogP contribution >= 0.6 is 0 Å². The van der Waals surface area contributed by atoms with Crippen LogP contribution in [0.3, 0.4) is 0 Å². The Labute approximate surface area is 123 Å². The second kappa shape index (κ2) is 6.43. The van der Waals surface area contributed by atoms with E-state index in [0.29, 0.717) is 11.5 Å². The van der Waals surface area contributed by atoms with Crippen LogP contribution in [0.15, 0.2) is 23.4 Å². The fraction of sp³-hybridized carbons (Fsp3) is 0.500. The van der Waals surface area contributed by atoms with Gasteiger partial charge in [-0.05, 0) is 31.2 Å². The topological polar surface area (TPSA) is 105 Å². The van der Waals surface area contributed by atoms with Gasteiger partial charge in [0.05, 0.1) is 10.5 Å². The van der Waals surface area contributed by atoms with Gasteiger partial charge in [0.15, 0.2) is 5.84 Å². The van der Waals surface area contributed by atoms with Crippen LogP contribution < -0.4 is 10.6 Å². The van der Waals surface area contributed by atoms with Crippen molar-refractivity contribution in [1.29, 1.82) is 0 Å². The zero-order valence-electron chi connectivity index (χ0n) is 12.0. The summed E-state index contributed by atoms with van der Waals surface area (Å²) >= 11 is 0. The van der Waals surface area contributed by atoms with Crippen molar-refractivity contribution in [2.45, 2.75) is 26.2 Å². The highest BCUT2D eigenvalue weighted by atomic mass is 16.6. The molecule has 0 radical (unpaired) electrons. The summed E-state index contributed by atoms with van der Waals surface area (Å²) in [6.45, 7) is 3.81. The molecule has 2 rings (SSSR count). The maximum absolute atomic E-state index is 10.9. The van der Waals surface area contributed by atoms with Crippen LogP contribution in [0.4, 0.5) is 11.4 Å². The molecule has 1 aromatic rings. The van der Waals surface area contributed by atoms with Crippen LogP contribution in [0.2, 0.25) is 0 Å². The minimum absolute atomic E-state index is 0.0665. The molecule has 0 aliphatic heterocycles. The Bertz CT molecular complexity index is 555. The van der Waals surface area contributed by atoms with Crippen molar-refractivity contribution in [3.8, 4) is 0 Å². The lowest BCUT2D eigenvalue weighted by Crippen LogP contribution is -2.29. The van der Waals surface area contributed by atoms with Crippen LogP contribution in [-0.4, -0.2) is 29.1 Å². The van der Waals surface area contributed by atoms with E-state index in [9.17, 15) is 10.1 Å². The molecule has 7 heteroatoms. The largest absolute Gasteiger partial charge is 0.409 e. The molecule has 3 N–H and O–H groups in total. The summed E-state index contributed by atoms with van der Waals surface area (Å²) in [6.07, 6.45) is 3.39. The van der Waals surface area contributed by atoms with Gasteiger partial charge >= 0.3 is 0 Å². The van der Waals surface area contributed by atoms with Crippen molar-refractivity contribution < 1.29 is 10.1 Å². The molecule has 1 fully saturated rings. The van der Waals surface area contributed by atoms with Crippen LogP contribution in [-0.2, 0) is 0 Å². The molecule has 0 heterocycles. The number of oxime groups is 1. The highest BCUT2D eigenvalue weighted by molar-refractivity contribution is 6.02. The number of non-ortho nitro benzene ring substituents is 1. The van der Waals surface area contributed by atoms with E-state index in [-0.39, 0.29) is 11.5 Å². The van der Waals surface area contributed by atoms with Gasteiger partial charge in [-0.15, -0.1) is 0 Å². The standard InChI is InChI=1S/C14H20N4O3/c1-2-7-17(9-10-3-4-10)13-6-5-11(18(20)21)8-12(13)14(15)16-19/h5-6,8,10,19H,2-4,7,9H2,1H3,(H2,15,16). The number of nitrogens with two attached hydrogens (primary N) is 1. The van der Waals surface area contributed by atoms with Crippen LogP contribution in [0.5, 0.6) is 0 Å². The van der Waals surface area contributed by atoms with Crippen molar-refractivity contribution in [3.63, 3.8) is 0 Å². The van der Waals surface area contributed by atoms with E-state index in [2.05, 4.69) is 17.0 Å². The SMILES string of the molecule is CCCN(CC1CC1)c1ccc([N+](=O)[O-])cc1C(N)=NO. The monoisotopic (exact) mass is 292 g/mol. The minimum atomic E-state index is -0.483. The van der Waals surface area contributed by atoms with Crippen molar-refractivity contribution in [3.05, 3.63) is 33.9 Å². The van der Waals surface area contributed by atoms with Gasteiger partial charge in [-0.2, -0.15) is 0 Å². The summed E-state index contributed by atoms with van der Waals surface area (Å²) in [5, 5.41) is 22.8. The number of hydrogen-bond donors (Lipinski definition) is 2. The van der Waals surface area contributed by atoms with Crippen LogP contribution in [0.25, 0.3) is 0 Å². The van der Waals surface area contributed by atoms with Gasteiger partial charge in [0.2, 0.25) is 0 Å². The molecule has 7 nitrogen and oxygen atoms in total. The Kier molecular flexibility index (Phi) is 4.62. The normalized spacial score (nSPS) is 15.0. The first-order valence-corrected chi connectivity index (χ1v) is 7.08. The lowest BCUT2D eigenvalue weighted by molar-refractivity contribution is -0.384. The number of anilines is 1. The number of hydrogen-bond acceptors (Lipinski definition) is 5. The average Bonchev–Trinajstić information content (AvgIpc) is 3.29. The molecule has 0 aromatic heterocycles. The van der Waals surface area contributed by atoms with E-state index in [4.69, 9.17) is 10.9 Å². The summed E-state index contributed by atoms with van der Waals surface area (Å²) in [6, 6.07) is 4.50. The molecule has 1 saturated carbocycles. The maximum atomic E-state index is 10.9. The first-order chi connectivity index (χ1) is 10.1. The first-order valence-electron chi connectivity index (χ1n) is 7.08. The summed E-state index contributed by atoms with van der Waals surface area (Å²) in [4.78, 5) is 12.6. The van der Waals surface area contributed by atoms with Crippen LogP contribution in [0.1, 0.15) is 31.7 Å². The summed E-state index contributed by atoms with van der Waals surface area (Å²) in [5.74, 6) is 0.567. The first kappa shape index (κ1) is 15.1. The van der Waals surface area contributed by atoms with Gasteiger partial charge in [-0.25, -0.2) is 0 Å². The lowest BCUT2D eigenvalue weighted by Gasteiger charge is -2.26. The van der Waals surface area contributed by atoms with Gasteiger partial charge < -0.3 is 15.8 Å². The molecule has 1 aliphatic rings. The van der Waals surface area contributed by atoms with Crippen molar-refractivity contribution >= 4 is 17.2 Å². The summed E-state index contributed by atoms with van der Waals surface area (Å²) in [7, 11) is 0. The molecule has 0 atom stereocenters. The molecule has 0 unspecified atom stereocenters. The molecule has 0 bridgehead atoms. The summed E-state index contributed by atoms with van der Waals surface area (Å²) < 4.78 is 0. The highest BCUT2D eigenvalue weighted by Gasteiger charge is 2.26. The Balaban J connectivity index is 2.40. The molecule has 1 aliphatic carbocycles. The predicted molar refractivity (Wildman–Crippen MR) is 80.8 cm³/mol. The molecule has 1 aromatic carbocycles. The number of rotatable bonds is 7. The predicted octanol–water partition coefficient (Wildman–Crippen LogP) is 2.32. The molecular formula is C14H20N4O3. The Morgan fingerprint density at radius 3 is 2.81 bits per heavy atom. The Hall–Kier alpha value is -2.31. The van der Waals surface area contributed by atoms with Crippen molar-refractivity contribution in [2.75, 3.05) is 18.0 Å². The second-order valence-electron chi connectivity index (χ2n) is 5.33. The molecule has 21 heavy (non-hydrogen) atoms. The molecule has 114 valence electrons. The third-order valence-electron chi connectivity index (χ3n) is 3.58. The number of amidine groups is 1. The number of benzene rings is 1. The van der Waals surface area contributed by atoms with E-state index >= 15 is 0 Å². The van der Waals surface area contributed by atoms with Gasteiger partial charge in [-0.1, -0.05) is 12.1 Å². The van der Waals surface area contributed by atoms with Gasteiger partial charge in [0, 0.05) is 30.9 Å². The fourth-order valence-corrected chi connectivity index (χ4v) is 2.36.